The fraction of sp³-hybridized carbons (Fsp3) is 0.0714. The lowest BCUT2D eigenvalue weighted by atomic mass is 10.1. The van der Waals surface area contributed by atoms with Crippen LogP contribution in [0.5, 0.6) is 5.75 Å². The van der Waals surface area contributed by atoms with E-state index in [2.05, 4.69) is 15.2 Å². The van der Waals surface area contributed by atoms with E-state index in [1.165, 1.54) is 18.2 Å². The second-order valence-electron chi connectivity index (χ2n) is 4.57. The Morgan fingerprint density at radius 2 is 2.10 bits per heavy atom. The number of rotatable bonds is 2. The normalized spacial score (nSPS) is 11.0. The quantitative estimate of drug-likeness (QED) is 0.676. The minimum Gasteiger partial charge on any atom is -0.506 e. The molecule has 3 N–H and O–H groups in total. The summed E-state index contributed by atoms with van der Waals surface area (Å²) in [5.74, 6) is -1.10. The lowest BCUT2D eigenvalue weighted by molar-refractivity contribution is 0.0699. The first kappa shape index (κ1) is 13.4. The number of phenolic OH excluding ortho intramolecular Hbond substituents is 1. The van der Waals surface area contributed by atoms with Crippen molar-refractivity contribution in [1.82, 2.24) is 15.2 Å². The Bertz CT molecular complexity index is 873. The van der Waals surface area contributed by atoms with Crippen LogP contribution < -0.4 is 0 Å². The molecular weight excluding hydrogens is 294 g/mol. The van der Waals surface area contributed by atoms with Crippen LogP contribution in [0.2, 0.25) is 5.02 Å². The van der Waals surface area contributed by atoms with E-state index in [1.807, 2.05) is 0 Å². The molecule has 0 amide bonds. The van der Waals surface area contributed by atoms with Crippen LogP contribution in [0.25, 0.3) is 22.3 Å². The number of aromatic nitrogens is 3. The zero-order valence-electron chi connectivity index (χ0n) is 10.9. The number of hydrogen-bond acceptors (Lipinski definition) is 4. The summed E-state index contributed by atoms with van der Waals surface area (Å²) in [5.41, 5.74) is 2.11. The molecule has 0 aliphatic heterocycles. The van der Waals surface area contributed by atoms with Crippen LogP contribution in [0.3, 0.4) is 0 Å². The highest BCUT2D eigenvalue weighted by molar-refractivity contribution is 6.32. The number of nitrogens with zero attached hydrogens (tertiary/aromatic N) is 2. The molecule has 7 heteroatoms. The number of aromatic hydroxyl groups is 1. The number of carboxylic acids is 1. The number of hydrogen-bond donors (Lipinski definition) is 3. The van der Waals surface area contributed by atoms with Gasteiger partial charge in [0.15, 0.2) is 5.65 Å². The van der Waals surface area contributed by atoms with E-state index in [9.17, 15) is 15.0 Å². The number of phenols is 1. The summed E-state index contributed by atoms with van der Waals surface area (Å²) in [4.78, 5) is 15.8. The van der Waals surface area contributed by atoms with Crippen molar-refractivity contribution in [3.63, 3.8) is 0 Å². The minimum atomic E-state index is -1.06. The highest BCUT2D eigenvalue weighted by Gasteiger charge is 2.17. The maximum Gasteiger partial charge on any atom is 0.336 e. The molecular formula is C14H10ClN3O3. The standard InChI is InChI=1S/C14H10ClN3O3/c1-6-12-8(14(20)21)5-10(16-13(12)18-17-6)7-2-3-11(19)9(15)4-7/h2-5,19H,1H3,(H,20,21)(H,16,17,18). The number of aromatic amines is 1. The van der Waals surface area contributed by atoms with Crippen LogP contribution in [0.15, 0.2) is 24.3 Å². The largest absolute Gasteiger partial charge is 0.506 e. The van der Waals surface area contributed by atoms with Crippen molar-refractivity contribution in [1.29, 1.82) is 0 Å². The summed E-state index contributed by atoms with van der Waals surface area (Å²) in [5, 5.41) is 26.2. The van der Waals surface area contributed by atoms with Gasteiger partial charge in [-0.2, -0.15) is 5.10 Å². The van der Waals surface area contributed by atoms with E-state index >= 15 is 0 Å². The molecule has 0 bridgehead atoms. The van der Waals surface area contributed by atoms with Crippen LogP contribution >= 0.6 is 11.6 Å². The molecule has 0 fully saturated rings. The Hall–Kier alpha value is -2.60. The summed E-state index contributed by atoms with van der Waals surface area (Å²) in [6.45, 7) is 1.74. The Morgan fingerprint density at radius 3 is 2.76 bits per heavy atom. The molecule has 0 unspecified atom stereocenters. The van der Waals surface area contributed by atoms with E-state index in [0.29, 0.717) is 28.0 Å². The van der Waals surface area contributed by atoms with E-state index < -0.39 is 5.97 Å². The second kappa shape index (κ2) is 4.75. The lowest BCUT2D eigenvalue weighted by Gasteiger charge is -2.05. The number of fused-ring (bicyclic) bond motifs is 1. The molecule has 2 aromatic heterocycles. The maximum atomic E-state index is 11.4. The molecule has 0 radical (unpaired) electrons. The lowest BCUT2D eigenvalue weighted by Crippen LogP contribution is -2.00. The van der Waals surface area contributed by atoms with Gasteiger partial charge in [-0.1, -0.05) is 11.6 Å². The van der Waals surface area contributed by atoms with Crippen molar-refractivity contribution < 1.29 is 15.0 Å². The molecule has 21 heavy (non-hydrogen) atoms. The number of nitrogens with one attached hydrogen (secondary N) is 1. The molecule has 3 rings (SSSR count). The number of pyridine rings is 1. The van der Waals surface area contributed by atoms with Crippen LogP contribution in [0, 0.1) is 6.92 Å². The Morgan fingerprint density at radius 1 is 1.33 bits per heavy atom. The number of H-pyrrole nitrogens is 1. The molecule has 0 saturated heterocycles. The molecule has 2 heterocycles. The van der Waals surface area contributed by atoms with Crippen LogP contribution in [0.1, 0.15) is 16.1 Å². The number of aromatic carboxylic acids is 1. The van der Waals surface area contributed by atoms with Crippen molar-refractivity contribution in [2.24, 2.45) is 0 Å². The average Bonchev–Trinajstić information content (AvgIpc) is 2.82. The van der Waals surface area contributed by atoms with Crippen LogP contribution in [0.4, 0.5) is 0 Å². The van der Waals surface area contributed by atoms with Gasteiger partial charge in [-0.25, -0.2) is 9.78 Å². The van der Waals surface area contributed by atoms with Gasteiger partial charge in [-0.3, -0.25) is 5.10 Å². The Kier molecular flexibility index (Phi) is 3.03. The molecule has 6 nitrogen and oxygen atoms in total. The topological polar surface area (TPSA) is 99.1 Å². The summed E-state index contributed by atoms with van der Waals surface area (Å²) < 4.78 is 0. The van der Waals surface area contributed by atoms with Crippen molar-refractivity contribution in [2.45, 2.75) is 6.92 Å². The smallest absolute Gasteiger partial charge is 0.336 e. The Balaban J connectivity index is 2.28. The third kappa shape index (κ3) is 2.19. The molecule has 0 aliphatic carbocycles. The molecule has 0 aliphatic rings. The van der Waals surface area contributed by atoms with Gasteiger partial charge in [0.05, 0.1) is 21.7 Å². The highest BCUT2D eigenvalue weighted by atomic mass is 35.5. The zero-order valence-corrected chi connectivity index (χ0v) is 11.6. The second-order valence-corrected chi connectivity index (χ2v) is 4.98. The van der Waals surface area contributed by atoms with Crippen LogP contribution in [-0.2, 0) is 0 Å². The summed E-state index contributed by atoms with van der Waals surface area (Å²) in [6.07, 6.45) is 0. The van der Waals surface area contributed by atoms with Crippen LogP contribution in [-0.4, -0.2) is 31.4 Å². The van der Waals surface area contributed by atoms with Gasteiger partial charge in [0.2, 0.25) is 0 Å². The predicted octanol–water partition coefficient (Wildman–Crippen LogP) is 2.99. The van der Waals surface area contributed by atoms with Gasteiger partial charge in [0, 0.05) is 11.3 Å². The molecule has 106 valence electrons. The third-order valence-corrected chi connectivity index (χ3v) is 3.48. The maximum absolute atomic E-state index is 11.4. The number of halogens is 1. The highest BCUT2D eigenvalue weighted by Crippen LogP contribution is 2.30. The van der Waals surface area contributed by atoms with E-state index in [-0.39, 0.29) is 16.3 Å². The molecule has 0 saturated carbocycles. The van der Waals surface area contributed by atoms with Crippen molar-refractivity contribution in [3.8, 4) is 17.0 Å². The molecule has 1 aromatic carbocycles. The zero-order chi connectivity index (χ0) is 15.1. The van der Waals surface area contributed by atoms with Gasteiger partial charge in [0.1, 0.15) is 5.75 Å². The van der Waals surface area contributed by atoms with Gasteiger partial charge in [-0.15, -0.1) is 0 Å². The first-order chi connectivity index (χ1) is 9.97. The Labute approximate surface area is 124 Å². The fourth-order valence-electron chi connectivity index (χ4n) is 2.16. The van der Waals surface area contributed by atoms with Crippen molar-refractivity contribution in [3.05, 3.63) is 40.5 Å². The van der Waals surface area contributed by atoms with Gasteiger partial charge in [-0.05, 0) is 31.2 Å². The number of carbonyl (C=O) groups is 1. The van der Waals surface area contributed by atoms with Crippen molar-refractivity contribution in [2.75, 3.05) is 0 Å². The average molecular weight is 304 g/mol. The summed E-state index contributed by atoms with van der Waals surface area (Å²) in [6, 6.07) is 6.03. The van der Waals surface area contributed by atoms with Gasteiger partial charge < -0.3 is 10.2 Å². The minimum absolute atomic E-state index is 0.0458. The predicted molar refractivity (Wildman–Crippen MR) is 77.7 cm³/mol. The first-order valence-electron chi connectivity index (χ1n) is 6.05. The van der Waals surface area contributed by atoms with Gasteiger partial charge >= 0.3 is 5.97 Å². The molecule has 3 aromatic rings. The fourth-order valence-corrected chi connectivity index (χ4v) is 2.34. The van der Waals surface area contributed by atoms with Gasteiger partial charge in [0.25, 0.3) is 0 Å². The SMILES string of the molecule is Cc1[nH]nc2nc(-c3ccc(O)c(Cl)c3)cc(C(=O)O)c12. The monoisotopic (exact) mass is 303 g/mol. The number of aryl methyl sites for hydroxylation is 1. The van der Waals surface area contributed by atoms with E-state index in [4.69, 9.17) is 11.6 Å². The summed E-state index contributed by atoms with van der Waals surface area (Å²) >= 11 is 5.87. The molecule has 0 atom stereocenters. The number of carboxylic acid groups (broad SMARTS) is 1. The van der Waals surface area contributed by atoms with E-state index in [1.54, 1.807) is 13.0 Å². The molecule has 0 spiro atoms. The first-order valence-corrected chi connectivity index (χ1v) is 6.43. The summed E-state index contributed by atoms with van der Waals surface area (Å²) in [7, 11) is 0. The third-order valence-electron chi connectivity index (χ3n) is 3.18. The van der Waals surface area contributed by atoms with Crippen molar-refractivity contribution >= 4 is 28.6 Å². The van der Waals surface area contributed by atoms with E-state index in [0.717, 1.165) is 0 Å². The number of benzene rings is 1.